The van der Waals surface area contributed by atoms with Gasteiger partial charge in [0.15, 0.2) is 0 Å². The van der Waals surface area contributed by atoms with Crippen molar-refractivity contribution < 1.29 is 14.6 Å². The van der Waals surface area contributed by atoms with E-state index in [9.17, 15) is 10.0 Å². The summed E-state index contributed by atoms with van der Waals surface area (Å²) in [6, 6.07) is 7.72. The zero-order chi connectivity index (χ0) is 11.5. The van der Waals surface area contributed by atoms with Gasteiger partial charge in [0.2, 0.25) is 5.69 Å². The largest absolute Gasteiger partial charge is 0.618 e. The highest BCUT2D eigenvalue weighted by atomic mass is 16.5. The summed E-state index contributed by atoms with van der Waals surface area (Å²) in [6.07, 6.45) is 3.09. The van der Waals surface area contributed by atoms with Crippen molar-refractivity contribution in [2.75, 3.05) is 0 Å². The van der Waals surface area contributed by atoms with Crippen molar-refractivity contribution in [3.05, 3.63) is 53.6 Å². The van der Waals surface area contributed by atoms with Gasteiger partial charge in [-0.3, -0.25) is 4.98 Å². The number of carboxylic acid groups (broad SMARTS) is 1. The fourth-order valence-electron chi connectivity index (χ4n) is 1.38. The highest BCUT2D eigenvalue weighted by molar-refractivity contribution is 5.84. The van der Waals surface area contributed by atoms with Crippen molar-refractivity contribution in [2.24, 2.45) is 0 Å². The third kappa shape index (κ3) is 1.70. The molecule has 0 fully saturated rings. The smallest absolute Gasteiger partial charge is 0.402 e. The molecule has 80 valence electrons. The van der Waals surface area contributed by atoms with E-state index >= 15 is 0 Å². The maximum absolute atomic E-state index is 11.7. The molecule has 0 saturated carbocycles. The van der Waals surface area contributed by atoms with E-state index in [1.807, 2.05) is 0 Å². The van der Waals surface area contributed by atoms with Gasteiger partial charge in [-0.15, -0.1) is 0 Å². The molecule has 2 heterocycles. The number of hydrogen-bond donors (Lipinski definition) is 1. The van der Waals surface area contributed by atoms with Gasteiger partial charge in [0, 0.05) is 24.5 Å². The quantitative estimate of drug-likeness (QED) is 0.602. The van der Waals surface area contributed by atoms with Crippen LogP contribution >= 0.6 is 0 Å². The molecule has 1 N–H and O–H groups in total. The standard InChI is InChI=1S/C11H8N2O3/c14-11(15)10-5-1-4-9(13(10)16)8-3-2-6-12-7-8/h1-7H,(H,14,15). The van der Waals surface area contributed by atoms with E-state index in [0.717, 1.165) is 0 Å². The zero-order valence-electron chi connectivity index (χ0n) is 8.20. The van der Waals surface area contributed by atoms with E-state index < -0.39 is 5.97 Å². The molecule has 2 aromatic heterocycles. The molecule has 0 spiro atoms. The Morgan fingerprint density at radius 2 is 2.12 bits per heavy atom. The van der Waals surface area contributed by atoms with Gasteiger partial charge in [0.1, 0.15) is 0 Å². The molecular formula is C11H8N2O3. The van der Waals surface area contributed by atoms with Crippen LogP contribution in [0, 0.1) is 5.21 Å². The summed E-state index contributed by atoms with van der Waals surface area (Å²) in [5.74, 6) is -1.25. The SMILES string of the molecule is O=C(O)c1cccc(-c2cccnc2)[n+]1[O-]. The second-order valence-corrected chi connectivity index (χ2v) is 3.14. The van der Waals surface area contributed by atoms with Crippen LogP contribution in [0.1, 0.15) is 10.5 Å². The van der Waals surface area contributed by atoms with Crippen LogP contribution in [0.4, 0.5) is 0 Å². The van der Waals surface area contributed by atoms with Crippen LogP contribution in [-0.2, 0) is 0 Å². The number of carbonyl (C=O) groups is 1. The second kappa shape index (κ2) is 3.98. The van der Waals surface area contributed by atoms with Crippen molar-refractivity contribution in [3.63, 3.8) is 0 Å². The van der Waals surface area contributed by atoms with E-state index in [-0.39, 0.29) is 11.4 Å². The van der Waals surface area contributed by atoms with Gasteiger partial charge >= 0.3 is 11.7 Å². The van der Waals surface area contributed by atoms with E-state index in [4.69, 9.17) is 5.11 Å². The summed E-state index contributed by atoms with van der Waals surface area (Å²) in [7, 11) is 0. The number of pyridine rings is 2. The molecule has 2 aromatic rings. The Bertz CT molecular complexity index is 526. The minimum Gasteiger partial charge on any atom is -0.618 e. The maximum atomic E-state index is 11.7. The van der Waals surface area contributed by atoms with E-state index in [0.29, 0.717) is 10.3 Å². The van der Waals surface area contributed by atoms with Gasteiger partial charge in [-0.2, -0.15) is 4.73 Å². The molecule has 5 heteroatoms. The van der Waals surface area contributed by atoms with Gasteiger partial charge in [-0.05, 0) is 18.2 Å². The molecule has 5 nitrogen and oxygen atoms in total. The molecule has 0 amide bonds. The van der Waals surface area contributed by atoms with Crippen molar-refractivity contribution in [3.8, 4) is 11.3 Å². The Labute approximate surface area is 91.2 Å². The van der Waals surface area contributed by atoms with Crippen LogP contribution in [0.2, 0.25) is 0 Å². The van der Waals surface area contributed by atoms with Gasteiger partial charge in [0.05, 0.1) is 5.56 Å². The summed E-state index contributed by atoms with van der Waals surface area (Å²) >= 11 is 0. The molecule has 16 heavy (non-hydrogen) atoms. The molecule has 0 saturated heterocycles. The Morgan fingerprint density at radius 1 is 1.31 bits per heavy atom. The monoisotopic (exact) mass is 216 g/mol. The lowest BCUT2D eigenvalue weighted by molar-refractivity contribution is -0.596. The molecule has 0 aliphatic carbocycles. The minimum atomic E-state index is -1.25. The molecular weight excluding hydrogens is 208 g/mol. The maximum Gasteiger partial charge on any atom is 0.402 e. The summed E-state index contributed by atoms with van der Waals surface area (Å²) in [6.45, 7) is 0. The number of carboxylic acids is 1. The van der Waals surface area contributed by atoms with Crippen LogP contribution < -0.4 is 4.73 Å². The van der Waals surface area contributed by atoms with Crippen molar-refractivity contribution in [1.29, 1.82) is 0 Å². The molecule has 0 aromatic carbocycles. The average Bonchev–Trinajstić information content (AvgIpc) is 2.30. The number of aromatic nitrogens is 2. The molecule has 0 aliphatic rings. The van der Waals surface area contributed by atoms with Crippen LogP contribution in [0.5, 0.6) is 0 Å². The van der Waals surface area contributed by atoms with Gasteiger partial charge < -0.3 is 10.3 Å². The normalized spacial score (nSPS) is 10.0. The van der Waals surface area contributed by atoms with Crippen molar-refractivity contribution >= 4 is 5.97 Å². The van der Waals surface area contributed by atoms with Crippen LogP contribution in [-0.4, -0.2) is 16.1 Å². The van der Waals surface area contributed by atoms with Crippen LogP contribution in [0.3, 0.4) is 0 Å². The Kier molecular flexibility index (Phi) is 2.51. The summed E-state index contributed by atoms with van der Waals surface area (Å²) in [5, 5.41) is 20.5. The summed E-state index contributed by atoms with van der Waals surface area (Å²) in [5.41, 5.74) is 0.551. The number of nitrogens with zero attached hydrogens (tertiary/aromatic N) is 2. The first kappa shape index (κ1) is 10.1. The topological polar surface area (TPSA) is 77.1 Å². The highest BCUT2D eigenvalue weighted by Crippen LogP contribution is 2.13. The van der Waals surface area contributed by atoms with E-state index in [1.165, 1.54) is 18.3 Å². The Balaban J connectivity index is 2.59. The summed E-state index contributed by atoms with van der Waals surface area (Å²) in [4.78, 5) is 14.6. The number of rotatable bonds is 2. The lowest BCUT2D eigenvalue weighted by atomic mass is 10.2. The van der Waals surface area contributed by atoms with Gasteiger partial charge in [-0.25, -0.2) is 4.79 Å². The van der Waals surface area contributed by atoms with Crippen molar-refractivity contribution in [1.82, 2.24) is 4.98 Å². The molecule has 0 radical (unpaired) electrons. The molecule has 0 atom stereocenters. The third-order valence-corrected chi connectivity index (χ3v) is 2.12. The lowest BCUT2D eigenvalue weighted by Crippen LogP contribution is -2.36. The Morgan fingerprint density at radius 3 is 2.75 bits per heavy atom. The fraction of sp³-hybridized carbons (Fsp3) is 0. The predicted molar refractivity (Wildman–Crippen MR) is 55.6 cm³/mol. The second-order valence-electron chi connectivity index (χ2n) is 3.14. The molecule has 0 bridgehead atoms. The van der Waals surface area contributed by atoms with Gasteiger partial charge in [-0.1, -0.05) is 0 Å². The minimum absolute atomic E-state index is 0.271. The predicted octanol–water partition coefficient (Wildman–Crippen LogP) is 1.08. The van der Waals surface area contributed by atoms with Crippen LogP contribution in [0.25, 0.3) is 11.3 Å². The van der Waals surface area contributed by atoms with Gasteiger partial charge in [0.25, 0.3) is 0 Å². The summed E-state index contributed by atoms with van der Waals surface area (Å²) < 4.78 is 0.388. The molecule has 0 aliphatic heterocycles. The van der Waals surface area contributed by atoms with E-state index in [2.05, 4.69) is 4.98 Å². The first-order valence-corrected chi connectivity index (χ1v) is 4.56. The fourth-order valence-corrected chi connectivity index (χ4v) is 1.38. The first-order valence-electron chi connectivity index (χ1n) is 4.56. The zero-order valence-corrected chi connectivity index (χ0v) is 8.20. The molecule has 2 rings (SSSR count). The lowest BCUT2D eigenvalue weighted by Gasteiger charge is -2.05. The average molecular weight is 216 g/mol. The van der Waals surface area contributed by atoms with E-state index in [1.54, 1.807) is 24.4 Å². The molecule has 0 unspecified atom stereocenters. The first-order chi connectivity index (χ1) is 7.70. The Hall–Kier alpha value is -2.43. The number of aromatic carboxylic acids is 1. The highest BCUT2D eigenvalue weighted by Gasteiger charge is 2.18. The van der Waals surface area contributed by atoms with Crippen LogP contribution in [0.15, 0.2) is 42.7 Å². The third-order valence-electron chi connectivity index (χ3n) is 2.12. The number of hydrogen-bond acceptors (Lipinski definition) is 3. The van der Waals surface area contributed by atoms with Crippen molar-refractivity contribution in [2.45, 2.75) is 0 Å².